The number of hydrogen-bond donors (Lipinski definition) is 0. The van der Waals surface area contributed by atoms with E-state index in [9.17, 15) is 9.59 Å². The van der Waals surface area contributed by atoms with Crippen LogP contribution in [0.5, 0.6) is 0 Å². The maximum Gasteiger partial charge on any atom is 0.516 e. The first kappa shape index (κ1) is 20.6. The number of allylic oxidation sites excluding steroid dienone is 1. The minimum absolute atomic E-state index is 0.0695. The van der Waals surface area contributed by atoms with E-state index < -0.39 is 5.60 Å². The fourth-order valence-electron chi connectivity index (χ4n) is 1.46. The SMILES string of the molecule is C=C(OC(=O)C(C)CC[N+](C)(C)C(=O)OC(C)(C)C)C(C)C. The standard InChI is InChI=1S/C17H32NO4/c1-12(2)14(4)21-15(19)13(3)10-11-18(8,9)16(20)22-17(5,6)7/h12-13H,4,10-11H2,1-3,5-9H3/q+1. The van der Waals surface area contributed by atoms with E-state index >= 15 is 0 Å². The number of hydrogen-bond acceptors (Lipinski definition) is 4. The zero-order valence-corrected chi connectivity index (χ0v) is 15.4. The summed E-state index contributed by atoms with van der Waals surface area (Å²) in [6.07, 6.45) is 0.232. The van der Waals surface area contributed by atoms with E-state index in [-0.39, 0.29) is 28.4 Å². The van der Waals surface area contributed by atoms with Gasteiger partial charge in [-0.3, -0.25) is 4.79 Å². The third-order valence-corrected chi connectivity index (χ3v) is 3.29. The van der Waals surface area contributed by atoms with Crippen molar-refractivity contribution in [1.29, 1.82) is 0 Å². The molecule has 128 valence electrons. The highest BCUT2D eigenvalue weighted by molar-refractivity contribution is 5.73. The number of nitrogens with zero attached hydrogens (tertiary/aromatic N) is 1. The smallest absolute Gasteiger partial charge is 0.431 e. The third kappa shape index (κ3) is 7.59. The molecular formula is C17H32NO4+. The van der Waals surface area contributed by atoms with Gasteiger partial charge in [0.15, 0.2) is 0 Å². The van der Waals surface area contributed by atoms with E-state index in [0.29, 0.717) is 18.7 Å². The van der Waals surface area contributed by atoms with Crippen LogP contribution in [-0.4, -0.2) is 42.8 Å². The van der Waals surface area contributed by atoms with E-state index in [1.54, 1.807) is 21.0 Å². The maximum absolute atomic E-state index is 12.1. The lowest BCUT2D eigenvalue weighted by Gasteiger charge is -2.30. The number of carbonyl (C=O) groups excluding carboxylic acids is 2. The molecule has 0 aliphatic carbocycles. The van der Waals surface area contributed by atoms with Crippen molar-refractivity contribution in [2.75, 3.05) is 20.6 Å². The molecule has 0 rings (SSSR count). The van der Waals surface area contributed by atoms with Gasteiger partial charge < -0.3 is 9.47 Å². The van der Waals surface area contributed by atoms with Crippen LogP contribution in [0, 0.1) is 11.8 Å². The van der Waals surface area contributed by atoms with Crippen LogP contribution < -0.4 is 0 Å². The average Bonchev–Trinajstić information content (AvgIpc) is 2.33. The molecule has 0 aromatic rings. The van der Waals surface area contributed by atoms with Gasteiger partial charge in [-0.05, 0) is 20.8 Å². The van der Waals surface area contributed by atoms with Crippen molar-refractivity contribution in [1.82, 2.24) is 0 Å². The predicted octanol–water partition coefficient (Wildman–Crippen LogP) is 3.74. The van der Waals surface area contributed by atoms with Crippen LogP contribution >= 0.6 is 0 Å². The second-order valence-corrected chi connectivity index (χ2v) is 7.62. The van der Waals surface area contributed by atoms with Crippen molar-refractivity contribution < 1.29 is 23.5 Å². The molecule has 0 N–H and O–H groups in total. The summed E-state index contributed by atoms with van der Waals surface area (Å²) in [5, 5.41) is 0. The Balaban J connectivity index is 4.49. The second-order valence-electron chi connectivity index (χ2n) is 7.62. The van der Waals surface area contributed by atoms with E-state index in [1.807, 2.05) is 34.6 Å². The summed E-state index contributed by atoms with van der Waals surface area (Å²) in [5.74, 6) is -0.0268. The summed E-state index contributed by atoms with van der Waals surface area (Å²) in [6, 6.07) is 0. The first-order chi connectivity index (χ1) is 9.76. The molecular weight excluding hydrogens is 282 g/mol. The van der Waals surface area contributed by atoms with Crippen LogP contribution in [0.4, 0.5) is 4.79 Å². The van der Waals surface area contributed by atoms with Gasteiger partial charge in [0, 0.05) is 12.3 Å². The highest BCUT2D eigenvalue weighted by Crippen LogP contribution is 2.17. The Morgan fingerprint density at radius 3 is 2.05 bits per heavy atom. The van der Waals surface area contributed by atoms with E-state index in [4.69, 9.17) is 9.47 Å². The Hall–Kier alpha value is -1.36. The zero-order valence-electron chi connectivity index (χ0n) is 15.4. The van der Waals surface area contributed by atoms with Crippen molar-refractivity contribution in [2.45, 2.75) is 53.6 Å². The Morgan fingerprint density at radius 1 is 1.14 bits per heavy atom. The van der Waals surface area contributed by atoms with Gasteiger partial charge in [-0.15, -0.1) is 0 Å². The molecule has 22 heavy (non-hydrogen) atoms. The van der Waals surface area contributed by atoms with Gasteiger partial charge in [0.05, 0.1) is 26.6 Å². The Morgan fingerprint density at radius 2 is 1.64 bits per heavy atom. The molecule has 0 fully saturated rings. The maximum atomic E-state index is 12.1. The Kier molecular flexibility index (Phi) is 7.29. The first-order valence-corrected chi connectivity index (χ1v) is 7.73. The molecule has 5 heteroatoms. The van der Waals surface area contributed by atoms with Crippen LogP contribution in [0.15, 0.2) is 12.3 Å². The Labute approximate surface area is 134 Å². The lowest BCUT2D eigenvalue weighted by Crippen LogP contribution is -2.49. The first-order valence-electron chi connectivity index (χ1n) is 7.73. The number of carbonyl (C=O) groups is 2. The van der Waals surface area contributed by atoms with Crippen molar-refractivity contribution in [3.8, 4) is 0 Å². The molecule has 0 aromatic heterocycles. The summed E-state index contributed by atoms with van der Waals surface area (Å²) < 4.78 is 10.7. The van der Waals surface area contributed by atoms with E-state index in [2.05, 4.69) is 6.58 Å². The fraction of sp³-hybridized carbons (Fsp3) is 0.765. The molecule has 0 bridgehead atoms. The number of amides is 1. The summed E-state index contributed by atoms with van der Waals surface area (Å²) in [5.41, 5.74) is -0.522. The summed E-state index contributed by atoms with van der Waals surface area (Å²) >= 11 is 0. The van der Waals surface area contributed by atoms with Gasteiger partial charge in [-0.25, -0.2) is 4.48 Å². The molecule has 0 aromatic carbocycles. The van der Waals surface area contributed by atoms with Gasteiger partial charge in [0.2, 0.25) is 0 Å². The summed E-state index contributed by atoms with van der Waals surface area (Å²) in [7, 11) is 3.55. The van der Waals surface area contributed by atoms with Crippen molar-refractivity contribution in [3.63, 3.8) is 0 Å². The lowest BCUT2D eigenvalue weighted by molar-refractivity contribution is -0.818. The average molecular weight is 314 g/mol. The monoisotopic (exact) mass is 314 g/mol. The fourth-order valence-corrected chi connectivity index (χ4v) is 1.46. The topological polar surface area (TPSA) is 52.6 Å². The quantitative estimate of drug-likeness (QED) is 0.426. The predicted molar refractivity (Wildman–Crippen MR) is 87.1 cm³/mol. The lowest BCUT2D eigenvalue weighted by atomic mass is 10.1. The van der Waals surface area contributed by atoms with Crippen LogP contribution in [0.1, 0.15) is 48.0 Å². The van der Waals surface area contributed by atoms with Crippen molar-refractivity contribution >= 4 is 12.1 Å². The van der Waals surface area contributed by atoms with Gasteiger partial charge in [-0.1, -0.05) is 27.4 Å². The number of quaternary nitrogens is 1. The molecule has 0 aliphatic heterocycles. The van der Waals surface area contributed by atoms with Crippen molar-refractivity contribution in [3.05, 3.63) is 12.3 Å². The molecule has 0 radical (unpaired) electrons. The van der Waals surface area contributed by atoms with Gasteiger partial charge in [0.25, 0.3) is 0 Å². The molecule has 0 aliphatic rings. The third-order valence-electron chi connectivity index (χ3n) is 3.29. The molecule has 1 amide bonds. The second kappa shape index (κ2) is 7.77. The molecule has 0 saturated carbocycles. The van der Waals surface area contributed by atoms with Crippen LogP contribution in [0.25, 0.3) is 0 Å². The summed E-state index contributed by atoms with van der Waals surface area (Å²) in [6.45, 7) is 15.4. The number of ether oxygens (including phenoxy) is 2. The zero-order chi connectivity index (χ0) is 17.7. The minimum Gasteiger partial charge on any atom is -0.431 e. The van der Waals surface area contributed by atoms with Gasteiger partial charge in [0.1, 0.15) is 11.4 Å². The summed E-state index contributed by atoms with van der Waals surface area (Å²) in [4.78, 5) is 24.1. The highest BCUT2D eigenvalue weighted by Gasteiger charge is 2.33. The van der Waals surface area contributed by atoms with Crippen LogP contribution in [-0.2, 0) is 14.3 Å². The van der Waals surface area contributed by atoms with E-state index in [0.717, 1.165) is 0 Å². The Bertz CT molecular complexity index is 419. The number of esters is 1. The van der Waals surface area contributed by atoms with Gasteiger partial charge in [-0.2, -0.15) is 4.79 Å². The molecule has 1 unspecified atom stereocenters. The van der Waals surface area contributed by atoms with Crippen LogP contribution in [0.2, 0.25) is 0 Å². The van der Waals surface area contributed by atoms with Gasteiger partial charge >= 0.3 is 12.1 Å². The van der Waals surface area contributed by atoms with Crippen molar-refractivity contribution in [2.24, 2.45) is 11.8 Å². The largest absolute Gasteiger partial charge is 0.516 e. The minimum atomic E-state index is -0.522. The molecule has 5 nitrogen and oxygen atoms in total. The highest BCUT2D eigenvalue weighted by atomic mass is 16.6. The molecule has 0 spiro atoms. The van der Waals surface area contributed by atoms with Crippen LogP contribution in [0.3, 0.4) is 0 Å². The van der Waals surface area contributed by atoms with E-state index in [1.165, 1.54) is 0 Å². The normalized spacial score (nSPS) is 13.7. The molecule has 1 atom stereocenters. The number of rotatable bonds is 6. The molecule has 0 saturated heterocycles. The molecule has 0 heterocycles.